The first-order chi connectivity index (χ1) is 16.5. The maximum Gasteiger partial charge on any atom is 0.362 e. The van der Waals surface area contributed by atoms with E-state index in [-0.39, 0.29) is 13.0 Å². The van der Waals surface area contributed by atoms with E-state index in [1.54, 1.807) is 0 Å². The van der Waals surface area contributed by atoms with E-state index in [4.69, 9.17) is 0 Å². The monoisotopic (exact) mass is 516 g/mol. The molecule has 0 radical (unpaired) electrons. The molecule has 0 aromatic heterocycles. The standard InChI is InChI=1S/C29H58NO4P/c1-5-6-7-8-9-10-11-12-13-14-15-16-17-18-19-20-21-22-23-24-25-26-27-29(31,35(32,33)34)28-30(2,3)4/h8-9,17-18,31H,5-7,10-16,19-28H2,1-4H3,(H-,32,33,34)/p+1/b9-8-,18-17-. The molecule has 35 heavy (non-hydrogen) atoms. The fourth-order valence-electron chi connectivity index (χ4n) is 4.48. The average Bonchev–Trinajstić information content (AvgIpc) is 2.75. The molecule has 5 nitrogen and oxygen atoms in total. The number of rotatable bonds is 24. The minimum atomic E-state index is -4.55. The van der Waals surface area contributed by atoms with Crippen molar-refractivity contribution in [3.05, 3.63) is 24.3 Å². The van der Waals surface area contributed by atoms with Crippen LogP contribution in [0.2, 0.25) is 0 Å². The fraction of sp³-hybridized carbons (Fsp3) is 0.862. The van der Waals surface area contributed by atoms with Crippen LogP contribution in [0.4, 0.5) is 0 Å². The molecule has 0 aliphatic rings. The van der Waals surface area contributed by atoms with E-state index in [9.17, 15) is 19.5 Å². The molecular formula is C29H59NO4P+. The molecule has 0 heterocycles. The van der Waals surface area contributed by atoms with E-state index < -0.39 is 12.9 Å². The summed E-state index contributed by atoms with van der Waals surface area (Å²) in [6.07, 6.45) is 31.3. The van der Waals surface area contributed by atoms with E-state index in [0.29, 0.717) is 10.9 Å². The lowest BCUT2D eigenvalue weighted by atomic mass is 10.0. The van der Waals surface area contributed by atoms with Gasteiger partial charge in [-0.1, -0.05) is 95.4 Å². The molecule has 1 atom stereocenters. The minimum Gasteiger partial charge on any atom is -0.373 e. The zero-order valence-electron chi connectivity index (χ0n) is 23.6. The third-order valence-electron chi connectivity index (χ3n) is 6.52. The molecule has 0 amide bonds. The van der Waals surface area contributed by atoms with Crippen molar-refractivity contribution < 1.29 is 23.9 Å². The highest BCUT2D eigenvalue weighted by Crippen LogP contribution is 2.52. The lowest BCUT2D eigenvalue weighted by Crippen LogP contribution is -2.49. The van der Waals surface area contributed by atoms with Crippen LogP contribution in [0, 0.1) is 0 Å². The predicted octanol–water partition coefficient (Wildman–Crippen LogP) is 8.10. The third kappa shape index (κ3) is 21.4. The summed E-state index contributed by atoms with van der Waals surface area (Å²) in [5.41, 5.74) is 0. The Bertz CT molecular complexity index is 594. The molecule has 0 rings (SSSR count). The quantitative estimate of drug-likeness (QED) is 0.0524. The van der Waals surface area contributed by atoms with Gasteiger partial charge in [-0.25, -0.2) is 0 Å². The smallest absolute Gasteiger partial charge is 0.362 e. The number of allylic oxidation sites excluding steroid dienone is 4. The van der Waals surface area contributed by atoms with Gasteiger partial charge in [-0.3, -0.25) is 4.57 Å². The largest absolute Gasteiger partial charge is 0.373 e. The summed E-state index contributed by atoms with van der Waals surface area (Å²) in [6.45, 7) is 2.30. The Balaban J connectivity index is 3.56. The van der Waals surface area contributed by atoms with Crippen LogP contribution in [-0.2, 0) is 4.57 Å². The second kappa shape index (κ2) is 20.6. The number of nitrogens with zero attached hydrogens (tertiary/aromatic N) is 1. The molecule has 0 aromatic rings. The van der Waals surface area contributed by atoms with Crippen molar-refractivity contribution in [2.75, 3.05) is 27.7 Å². The van der Waals surface area contributed by atoms with Gasteiger partial charge in [0.2, 0.25) is 5.34 Å². The molecule has 3 N–H and O–H groups in total. The number of unbranched alkanes of at least 4 members (excludes halogenated alkanes) is 15. The maximum atomic E-state index is 11.8. The van der Waals surface area contributed by atoms with E-state index >= 15 is 0 Å². The van der Waals surface area contributed by atoms with Gasteiger partial charge in [0.05, 0.1) is 21.1 Å². The molecule has 0 saturated carbocycles. The molecule has 6 heteroatoms. The molecule has 1 unspecified atom stereocenters. The van der Waals surface area contributed by atoms with E-state index in [1.165, 1.54) is 89.9 Å². The second-order valence-electron chi connectivity index (χ2n) is 11.4. The van der Waals surface area contributed by atoms with Crippen LogP contribution >= 0.6 is 7.60 Å². The Morgan fingerprint density at radius 3 is 1.31 bits per heavy atom. The maximum absolute atomic E-state index is 11.8. The lowest BCUT2D eigenvalue weighted by molar-refractivity contribution is -0.875. The predicted molar refractivity (Wildman–Crippen MR) is 152 cm³/mol. The van der Waals surface area contributed by atoms with Gasteiger partial charge in [0.25, 0.3) is 0 Å². The van der Waals surface area contributed by atoms with E-state index in [2.05, 4.69) is 31.2 Å². The van der Waals surface area contributed by atoms with Crippen molar-refractivity contribution in [1.82, 2.24) is 0 Å². The molecule has 0 fully saturated rings. The van der Waals surface area contributed by atoms with Gasteiger partial charge in [0.1, 0.15) is 6.54 Å². The first-order valence-corrected chi connectivity index (χ1v) is 16.0. The Kier molecular flexibility index (Phi) is 20.3. The molecule has 0 aromatic carbocycles. The Hall–Kier alpha value is -0.450. The van der Waals surface area contributed by atoms with E-state index in [1.807, 2.05) is 21.1 Å². The summed E-state index contributed by atoms with van der Waals surface area (Å²) in [5, 5.41) is 8.65. The zero-order chi connectivity index (χ0) is 26.5. The third-order valence-corrected chi connectivity index (χ3v) is 7.97. The summed E-state index contributed by atoms with van der Waals surface area (Å²) in [7, 11) is 0.970. The molecule has 208 valence electrons. The average molecular weight is 517 g/mol. The molecular weight excluding hydrogens is 457 g/mol. The van der Waals surface area contributed by atoms with Gasteiger partial charge >= 0.3 is 7.60 Å². The van der Waals surface area contributed by atoms with Crippen LogP contribution < -0.4 is 0 Å². The molecule has 0 aliphatic heterocycles. The highest BCUT2D eigenvalue weighted by molar-refractivity contribution is 7.53. The first kappa shape index (κ1) is 34.6. The van der Waals surface area contributed by atoms with Gasteiger partial charge in [-0.2, -0.15) is 0 Å². The number of hydrogen-bond donors (Lipinski definition) is 3. The normalized spacial score (nSPS) is 14.8. The Labute approximate surface area is 217 Å². The first-order valence-electron chi connectivity index (χ1n) is 14.4. The van der Waals surface area contributed by atoms with Crippen LogP contribution in [0.25, 0.3) is 0 Å². The molecule has 0 spiro atoms. The van der Waals surface area contributed by atoms with Gasteiger partial charge in [0, 0.05) is 0 Å². The van der Waals surface area contributed by atoms with E-state index in [0.717, 1.165) is 19.3 Å². The summed E-state index contributed by atoms with van der Waals surface area (Å²) in [6, 6.07) is 0. The summed E-state index contributed by atoms with van der Waals surface area (Å²) < 4.78 is 12.1. The van der Waals surface area contributed by atoms with Gasteiger partial charge in [0.15, 0.2) is 0 Å². The summed E-state index contributed by atoms with van der Waals surface area (Å²) in [5.74, 6) is 0. The highest BCUT2D eigenvalue weighted by atomic mass is 31.2. The SMILES string of the molecule is CCCC/C=C\CCCCCCC/C=C\CCCCCCCCCC(O)(C[N+](C)(C)C)P(=O)(O)O. The lowest BCUT2D eigenvalue weighted by Gasteiger charge is -2.35. The van der Waals surface area contributed by atoms with Crippen molar-refractivity contribution in [3.63, 3.8) is 0 Å². The topological polar surface area (TPSA) is 77.8 Å². The van der Waals surface area contributed by atoms with Crippen molar-refractivity contribution in [2.24, 2.45) is 0 Å². The number of aliphatic hydroxyl groups is 1. The van der Waals surface area contributed by atoms with Gasteiger partial charge in [-0.05, 0) is 57.8 Å². The van der Waals surface area contributed by atoms with Crippen LogP contribution in [0.5, 0.6) is 0 Å². The number of likely N-dealkylation sites (N-methyl/N-ethyl adjacent to an activating group) is 1. The van der Waals surface area contributed by atoms with Crippen LogP contribution in [0.3, 0.4) is 0 Å². The zero-order valence-corrected chi connectivity index (χ0v) is 24.5. The van der Waals surface area contributed by atoms with Crippen molar-refractivity contribution in [2.45, 2.75) is 134 Å². The van der Waals surface area contributed by atoms with Gasteiger partial charge < -0.3 is 19.4 Å². The minimum absolute atomic E-state index is 0.0574. The number of hydrogen-bond acceptors (Lipinski definition) is 2. The molecule has 0 bridgehead atoms. The number of quaternary nitrogens is 1. The van der Waals surface area contributed by atoms with Gasteiger partial charge in [-0.15, -0.1) is 0 Å². The Morgan fingerprint density at radius 2 is 0.971 bits per heavy atom. The molecule has 0 saturated heterocycles. The summed E-state index contributed by atoms with van der Waals surface area (Å²) >= 11 is 0. The Morgan fingerprint density at radius 1 is 0.629 bits per heavy atom. The van der Waals surface area contributed by atoms with Crippen LogP contribution in [0.1, 0.15) is 129 Å². The van der Waals surface area contributed by atoms with Crippen molar-refractivity contribution >= 4 is 7.60 Å². The van der Waals surface area contributed by atoms with Crippen molar-refractivity contribution in [1.29, 1.82) is 0 Å². The summed E-state index contributed by atoms with van der Waals surface area (Å²) in [4.78, 5) is 19.2. The van der Waals surface area contributed by atoms with Crippen molar-refractivity contribution in [3.8, 4) is 0 Å². The fourth-order valence-corrected chi connectivity index (χ4v) is 5.54. The van der Waals surface area contributed by atoms with Crippen LogP contribution in [-0.4, -0.2) is 52.4 Å². The molecule has 0 aliphatic carbocycles. The second-order valence-corrected chi connectivity index (χ2v) is 13.3. The van der Waals surface area contributed by atoms with Crippen LogP contribution in [0.15, 0.2) is 24.3 Å². The highest BCUT2D eigenvalue weighted by Gasteiger charge is 2.48.